The average Bonchev–Trinajstić information content (AvgIpc) is 3.06. The number of nitrogens with two attached hydrogens (primary N) is 1. The number of rotatable bonds is 2. The molecule has 1 amide bonds. The molecular formula is C15H16BrN5O2. The molecule has 2 aliphatic rings. The maximum Gasteiger partial charge on any atom is 0.410 e. The molecule has 3 unspecified atom stereocenters. The lowest BCUT2D eigenvalue weighted by Crippen LogP contribution is -2.43. The Kier molecular flexibility index (Phi) is 3.29. The minimum Gasteiger partial charge on any atom is -0.440 e. The van der Waals surface area contributed by atoms with Crippen molar-refractivity contribution in [3.05, 3.63) is 35.5 Å². The smallest absolute Gasteiger partial charge is 0.410 e. The molecule has 0 aliphatic carbocycles. The lowest BCUT2D eigenvalue weighted by molar-refractivity contribution is 0.144. The van der Waals surface area contributed by atoms with Gasteiger partial charge < -0.3 is 15.4 Å². The third-order valence-corrected chi connectivity index (χ3v) is 5.20. The molecular weight excluding hydrogens is 362 g/mol. The molecule has 2 aromatic heterocycles. The second kappa shape index (κ2) is 5.23. The molecule has 0 radical (unpaired) electrons. The topological polar surface area (TPSA) is 85.8 Å². The van der Waals surface area contributed by atoms with Crippen LogP contribution in [0.4, 0.5) is 10.6 Å². The number of amides is 1. The fourth-order valence-corrected chi connectivity index (χ4v) is 4.13. The van der Waals surface area contributed by atoms with E-state index in [9.17, 15) is 4.79 Å². The number of fused-ring (bicyclic) bond motifs is 2. The van der Waals surface area contributed by atoms with Crippen molar-refractivity contribution in [2.45, 2.75) is 30.9 Å². The summed E-state index contributed by atoms with van der Waals surface area (Å²) in [7, 11) is 0. The van der Waals surface area contributed by atoms with Crippen molar-refractivity contribution in [2.75, 3.05) is 12.3 Å². The number of halogens is 1. The Morgan fingerprint density at radius 2 is 2.30 bits per heavy atom. The first-order chi connectivity index (χ1) is 11.1. The largest absolute Gasteiger partial charge is 0.440 e. The summed E-state index contributed by atoms with van der Waals surface area (Å²) in [5, 5.41) is 0. The first kappa shape index (κ1) is 14.5. The van der Waals surface area contributed by atoms with Gasteiger partial charge in [-0.05, 0) is 34.8 Å². The van der Waals surface area contributed by atoms with E-state index in [0.29, 0.717) is 17.0 Å². The first-order valence-corrected chi connectivity index (χ1v) is 8.27. The van der Waals surface area contributed by atoms with Gasteiger partial charge in [-0.1, -0.05) is 6.58 Å². The molecule has 7 nitrogen and oxygen atoms in total. The van der Waals surface area contributed by atoms with Crippen LogP contribution in [0.2, 0.25) is 0 Å². The Morgan fingerprint density at radius 1 is 1.48 bits per heavy atom. The first-order valence-electron chi connectivity index (χ1n) is 7.48. The molecule has 23 heavy (non-hydrogen) atoms. The van der Waals surface area contributed by atoms with E-state index in [-0.39, 0.29) is 24.2 Å². The highest BCUT2D eigenvalue weighted by atomic mass is 79.9. The van der Waals surface area contributed by atoms with Crippen LogP contribution in [0.5, 0.6) is 0 Å². The highest BCUT2D eigenvalue weighted by molar-refractivity contribution is 9.10. The summed E-state index contributed by atoms with van der Waals surface area (Å²) >= 11 is 3.45. The summed E-state index contributed by atoms with van der Waals surface area (Å²) in [5.74, 6) is 1.44. The molecule has 2 N–H and O–H groups in total. The molecule has 2 aliphatic heterocycles. The molecule has 2 aromatic rings. The van der Waals surface area contributed by atoms with E-state index in [1.54, 1.807) is 17.2 Å². The minimum atomic E-state index is -0.272. The molecule has 0 aromatic carbocycles. The van der Waals surface area contributed by atoms with Gasteiger partial charge in [0.05, 0.1) is 6.04 Å². The third-order valence-electron chi connectivity index (χ3n) is 4.64. The fraction of sp³-hybridized carbons (Fsp3) is 0.400. The zero-order valence-electron chi connectivity index (χ0n) is 12.4. The fourth-order valence-electron chi connectivity index (χ4n) is 3.55. The van der Waals surface area contributed by atoms with Gasteiger partial charge in [-0.2, -0.15) is 0 Å². The predicted molar refractivity (Wildman–Crippen MR) is 88.0 cm³/mol. The van der Waals surface area contributed by atoms with Crippen molar-refractivity contribution in [1.82, 2.24) is 19.3 Å². The normalized spacial score (nSPS) is 27.1. The Labute approximate surface area is 141 Å². The van der Waals surface area contributed by atoms with Crippen LogP contribution in [0, 0.1) is 0 Å². The van der Waals surface area contributed by atoms with E-state index in [1.807, 2.05) is 10.6 Å². The summed E-state index contributed by atoms with van der Waals surface area (Å²) < 4.78 is 7.98. The van der Waals surface area contributed by atoms with Crippen molar-refractivity contribution < 1.29 is 9.53 Å². The predicted octanol–water partition coefficient (Wildman–Crippen LogP) is 2.33. The van der Waals surface area contributed by atoms with Gasteiger partial charge in [-0.3, -0.25) is 4.40 Å². The van der Waals surface area contributed by atoms with Gasteiger partial charge in [0.15, 0.2) is 5.82 Å². The molecule has 4 heterocycles. The van der Waals surface area contributed by atoms with Gasteiger partial charge >= 0.3 is 6.09 Å². The summed E-state index contributed by atoms with van der Waals surface area (Å²) in [6.45, 7) is 4.34. The Morgan fingerprint density at radius 3 is 3.09 bits per heavy atom. The highest BCUT2D eigenvalue weighted by Gasteiger charge is 2.44. The van der Waals surface area contributed by atoms with Crippen molar-refractivity contribution in [2.24, 2.45) is 0 Å². The summed E-state index contributed by atoms with van der Waals surface area (Å²) in [6.07, 6.45) is 6.51. The maximum absolute atomic E-state index is 12.1. The number of imidazole rings is 1. The number of nitrogen functional groups attached to an aromatic ring is 1. The van der Waals surface area contributed by atoms with E-state index < -0.39 is 0 Å². The quantitative estimate of drug-likeness (QED) is 0.811. The number of piperidine rings is 1. The van der Waals surface area contributed by atoms with Gasteiger partial charge in [0.2, 0.25) is 0 Å². The number of anilines is 1. The van der Waals surface area contributed by atoms with E-state index in [4.69, 9.17) is 10.5 Å². The molecule has 0 spiro atoms. The molecule has 8 heteroatoms. The van der Waals surface area contributed by atoms with Crippen LogP contribution in [0.15, 0.2) is 29.7 Å². The highest BCUT2D eigenvalue weighted by Crippen LogP contribution is 2.37. The van der Waals surface area contributed by atoms with E-state index >= 15 is 0 Å². The number of carbonyl (C=O) groups is 1. The zero-order chi connectivity index (χ0) is 16.1. The van der Waals surface area contributed by atoms with Crippen molar-refractivity contribution in [1.29, 1.82) is 0 Å². The molecule has 2 saturated heterocycles. The van der Waals surface area contributed by atoms with Crippen molar-refractivity contribution in [3.8, 4) is 0 Å². The average molecular weight is 378 g/mol. The van der Waals surface area contributed by atoms with Crippen LogP contribution in [-0.4, -0.2) is 44.1 Å². The number of aromatic nitrogens is 3. The maximum atomic E-state index is 12.1. The van der Waals surface area contributed by atoms with E-state index in [0.717, 1.165) is 24.2 Å². The number of carbonyl (C=O) groups excluding carboxylic acids is 1. The Bertz CT molecular complexity index is 805. The second-order valence-electron chi connectivity index (χ2n) is 5.87. The van der Waals surface area contributed by atoms with Crippen LogP contribution in [0.3, 0.4) is 0 Å². The molecule has 0 bridgehead atoms. The monoisotopic (exact) mass is 377 g/mol. The van der Waals surface area contributed by atoms with E-state index in [1.165, 1.54) is 0 Å². The van der Waals surface area contributed by atoms with Crippen LogP contribution in [0.25, 0.3) is 5.52 Å². The van der Waals surface area contributed by atoms with E-state index in [2.05, 4.69) is 32.5 Å². The van der Waals surface area contributed by atoms with Crippen molar-refractivity contribution >= 4 is 33.4 Å². The number of cyclic esters (lactones) is 1. The number of hydrogen-bond donors (Lipinski definition) is 1. The van der Waals surface area contributed by atoms with Crippen LogP contribution < -0.4 is 5.73 Å². The van der Waals surface area contributed by atoms with Gasteiger partial charge in [0.1, 0.15) is 22.0 Å². The Balaban J connectivity index is 1.70. The van der Waals surface area contributed by atoms with Crippen LogP contribution in [-0.2, 0) is 4.74 Å². The van der Waals surface area contributed by atoms with Crippen LogP contribution >= 0.6 is 15.9 Å². The minimum absolute atomic E-state index is 0.0812. The SMILES string of the molecule is C=CC1OC(=O)N2CC(c3nc(Br)c4c(N)nccn34)CCC12. The second-order valence-corrected chi connectivity index (χ2v) is 6.62. The number of nitrogens with zero attached hydrogens (tertiary/aromatic N) is 4. The standard InChI is InChI=1S/C15H16BrN5O2/c1-2-10-9-4-3-8(7-21(9)15(22)23-10)14-19-12(16)11-13(17)18-5-6-20(11)14/h2,5-6,8-10H,1,3-4,7H2,(H2,17,18). The van der Waals surface area contributed by atoms with Gasteiger partial charge in [-0.25, -0.2) is 14.8 Å². The lowest BCUT2D eigenvalue weighted by Gasteiger charge is -2.33. The van der Waals surface area contributed by atoms with Gasteiger partial charge in [0, 0.05) is 24.9 Å². The van der Waals surface area contributed by atoms with Gasteiger partial charge in [0.25, 0.3) is 0 Å². The van der Waals surface area contributed by atoms with Crippen LogP contribution in [0.1, 0.15) is 24.6 Å². The summed E-state index contributed by atoms with van der Waals surface area (Å²) in [5.41, 5.74) is 6.71. The lowest BCUT2D eigenvalue weighted by atomic mass is 9.90. The van der Waals surface area contributed by atoms with Crippen molar-refractivity contribution in [3.63, 3.8) is 0 Å². The molecule has 120 valence electrons. The third kappa shape index (κ3) is 2.12. The molecule has 2 fully saturated rings. The number of ether oxygens (including phenoxy) is 1. The zero-order valence-corrected chi connectivity index (χ0v) is 13.9. The molecule has 4 rings (SSSR count). The summed E-state index contributed by atoms with van der Waals surface area (Å²) in [6, 6.07) is 0.0812. The molecule has 3 atom stereocenters. The molecule has 0 saturated carbocycles. The summed E-state index contributed by atoms with van der Waals surface area (Å²) in [4.78, 5) is 22.6. The number of hydrogen-bond acceptors (Lipinski definition) is 5. The van der Waals surface area contributed by atoms with Gasteiger partial charge in [-0.15, -0.1) is 0 Å². The Hall–Kier alpha value is -2.09.